The molecule has 3 rings (SSSR count). The Labute approximate surface area is 160 Å². The zero-order valence-electron chi connectivity index (χ0n) is 16.0. The number of aliphatic imine (C=N–C) groups is 1. The molecule has 0 atom stereocenters. The van der Waals surface area contributed by atoms with E-state index in [1.54, 1.807) is 0 Å². The average molecular weight is 372 g/mol. The lowest BCUT2D eigenvalue weighted by atomic mass is 10.1. The third-order valence-corrected chi connectivity index (χ3v) is 5.58. The van der Waals surface area contributed by atoms with E-state index in [0.717, 1.165) is 45.2 Å². The third-order valence-electron chi connectivity index (χ3n) is 4.65. The van der Waals surface area contributed by atoms with Gasteiger partial charge in [0.2, 0.25) is 0 Å². The quantitative estimate of drug-likeness (QED) is 0.647. The predicted molar refractivity (Wildman–Crippen MR) is 112 cm³/mol. The highest BCUT2D eigenvalue weighted by Crippen LogP contribution is 2.22. The van der Waals surface area contributed by atoms with Gasteiger partial charge in [0, 0.05) is 46.3 Å². The van der Waals surface area contributed by atoms with Crippen LogP contribution in [0.25, 0.3) is 0 Å². The van der Waals surface area contributed by atoms with Gasteiger partial charge in [-0.15, -0.1) is 11.3 Å². The van der Waals surface area contributed by atoms with Gasteiger partial charge in [-0.2, -0.15) is 0 Å². The highest BCUT2D eigenvalue weighted by molar-refractivity contribution is 7.14. The molecule has 2 heterocycles. The molecule has 6 heteroatoms. The van der Waals surface area contributed by atoms with Crippen LogP contribution in [0.2, 0.25) is 0 Å². The van der Waals surface area contributed by atoms with E-state index in [4.69, 9.17) is 0 Å². The number of hydrogen-bond donors (Lipinski definition) is 1. The highest BCUT2D eigenvalue weighted by Gasteiger charge is 2.20. The number of hydrogen-bond acceptors (Lipinski definition) is 4. The van der Waals surface area contributed by atoms with Crippen molar-refractivity contribution < 1.29 is 0 Å². The molecule has 140 valence electrons. The van der Waals surface area contributed by atoms with E-state index in [9.17, 15) is 0 Å². The maximum absolute atomic E-state index is 4.51. The van der Waals surface area contributed by atoms with E-state index >= 15 is 0 Å². The van der Waals surface area contributed by atoms with Gasteiger partial charge in [-0.05, 0) is 42.7 Å². The van der Waals surface area contributed by atoms with Crippen LogP contribution in [-0.4, -0.2) is 63.1 Å². The van der Waals surface area contributed by atoms with Crippen LogP contribution >= 0.6 is 11.3 Å². The Morgan fingerprint density at radius 1 is 1.08 bits per heavy atom. The van der Waals surface area contributed by atoms with Crippen molar-refractivity contribution in [1.29, 1.82) is 0 Å². The molecule has 0 saturated carbocycles. The molecule has 1 aliphatic heterocycles. The molecule has 1 aromatic heterocycles. The summed E-state index contributed by atoms with van der Waals surface area (Å²) in [5.41, 5.74) is 2.70. The summed E-state index contributed by atoms with van der Waals surface area (Å²) in [6, 6.07) is 13.0. The van der Waals surface area contributed by atoms with Crippen molar-refractivity contribution >= 4 is 22.3 Å². The third kappa shape index (κ3) is 4.77. The molecule has 1 fully saturated rings. The van der Waals surface area contributed by atoms with Crippen molar-refractivity contribution in [3.63, 3.8) is 0 Å². The van der Waals surface area contributed by atoms with E-state index in [0.29, 0.717) is 0 Å². The van der Waals surface area contributed by atoms with Crippen molar-refractivity contribution in [1.82, 2.24) is 15.1 Å². The molecule has 26 heavy (non-hydrogen) atoms. The average Bonchev–Trinajstić information content (AvgIpc) is 3.18. The van der Waals surface area contributed by atoms with Crippen molar-refractivity contribution in [3.05, 3.63) is 52.9 Å². The summed E-state index contributed by atoms with van der Waals surface area (Å²) >= 11 is 1.82. The summed E-state index contributed by atoms with van der Waals surface area (Å²) in [6.45, 7) is 5.84. The fourth-order valence-electron chi connectivity index (χ4n) is 3.32. The molecular formula is C20H29N5S. The van der Waals surface area contributed by atoms with Crippen LogP contribution in [0.1, 0.15) is 11.1 Å². The number of piperazine rings is 1. The van der Waals surface area contributed by atoms with Gasteiger partial charge in [0.05, 0.1) is 5.00 Å². The maximum Gasteiger partial charge on any atom is 0.194 e. The molecule has 0 unspecified atom stereocenters. The summed E-state index contributed by atoms with van der Waals surface area (Å²) in [4.78, 5) is 11.5. The molecule has 0 spiro atoms. The van der Waals surface area contributed by atoms with Crippen LogP contribution in [0.5, 0.6) is 0 Å². The number of nitrogens with zero attached hydrogens (tertiary/aromatic N) is 4. The molecule has 1 aromatic carbocycles. The summed E-state index contributed by atoms with van der Waals surface area (Å²) in [5.74, 6) is 0.996. The number of rotatable bonds is 5. The topological polar surface area (TPSA) is 34.1 Å². The fourth-order valence-corrected chi connectivity index (χ4v) is 4.11. The van der Waals surface area contributed by atoms with Gasteiger partial charge in [-0.1, -0.05) is 24.3 Å². The molecule has 1 saturated heterocycles. The lowest BCUT2D eigenvalue weighted by Crippen LogP contribution is -2.52. The second kappa shape index (κ2) is 9.05. The first kappa shape index (κ1) is 18.7. The monoisotopic (exact) mass is 371 g/mol. The van der Waals surface area contributed by atoms with Crippen LogP contribution in [0.15, 0.2) is 46.8 Å². The number of guanidine groups is 1. The molecule has 1 N–H and O–H groups in total. The minimum atomic E-state index is 0.807. The molecule has 1 aliphatic rings. The molecule has 5 nitrogen and oxygen atoms in total. The van der Waals surface area contributed by atoms with Gasteiger partial charge in [-0.3, -0.25) is 4.99 Å². The first-order valence-electron chi connectivity index (χ1n) is 9.13. The standard InChI is InChI=1S/C20H29N5S/c1-21-20(22-15-17-7-4-5-8-18(17)16-23(2)3)25-12-10-24(11-13-25)19-9-6-14-26-19/h4-9,14H,10-13,15-16H2,1-3H3,(H,21,22). The Bertz CT molecular complexity index is 703. The van der Waals surface area contributed by atoms with Gasteiger partial charge in [-0.25, -0.2) is 0 Å². The molecular weight excluding hydrogens is 342 g/mol. The van der Waals surface area contributed by atoms with E-state index < -0.39 is 0 Å². The van der Waals surface area contributed by atoms with E-state index in [2.05, 4.69) is 80.9 Å². The maximum atomic E-state index is 4.51. The first-order chi connectivity index (χ1) is 12.7. The Kier molecular flexibility index (Phi) is 6.52. The Balaban J connectivity index is 1.56. The largest absolute Gasteiger partial charge is 0.360 e. The van der Waals surface area contributed by atoms with Crippen LogP contribution in [-0.2, 0) is 13.1 Å². The van der Waals surface area contributed by atoms with E-state index in [1.807, 2.05) is 18.4 Å². The van der Waals surface area contributed by atoms with Crippen LogP contribution in [0.4, 0.5) is 5.00 Å². The summed E-state index contributed by atoms with van der Waals surface area (Å²) in [7, 11) is 6.09. The number of benzene rings is 1. The van der Waals surface area contributed by atoms with Crippen LogP contribution in [0, 0.1) is 0 Å². The smallest absolute Gasteiger partial charge is 0.194 e. The van der Waals surface area contributed by atoms with Gasteiger partial charge in [0.1, 0.15) is 0 Å². The van der Waals surface area contributed by atoms with Crippen molar-refractivity contribution in [3.8, 4) is 0 Å². The second-order valence-electron chi connectivity index (χ2n) is 6.83. The van der Waals surface area contributed by atoms with Crippen LogP contribution < -0.4 is 10.2 Å². The Hall–Kier alpha value is -2.05. The number of anilines is 1. The lowest BCUT2D eigenvalue weighted by molar-refractivity contribution is 0.372. The van der Waals surface area contributed by atoms with Gasteiger partial charge < -0.3 is 20.0 Å². The molecule has 0 aliphatic carbocycles. The molecule has 0 amide bonds. The number of nitrogens with one attached hydrogen (secondary N) is 1. The summed E-state index contributed by atoms with van der Waals surface area (Å²) < 4.78 is 0. The highest BCUT2D eigenvalue weighted by atomic mass is 32.1. The second-order valence-corrected chi connectivity index (χ2v) is 7.76. The van der Waals surface area contributed by atoms with Gasteiger partial charge >= 0.3 is 0 Å². The Morgan fingerprint density at radius 3 is 2.42 bits per heavy atom. The number of thiophene rings is 1. The minimum absolute atomic E-state index is 0.807. The van der Waals surface area contributed by atoms with Crippen LogP contribution in [0.3, 0.4) is 0 Å². The molecule has 0 radical (unpaired) electrons. The van der Waals surface area contributed by atoms with Gasteiger partial charge in [0.15, 0.2) is 5.96 Å². The summed E-state index contributed by atoms with van der Waals surface area (Å²) in [6.07, 6.45) is 0. The van der Waals surface area contributed by atoms with Gasteiger partial charge in [0.25, 0.3) is 0 Å². The lowest BCUT2D eigenvalue weighted by Gasteiger charge is -2.37. The van der Waals surface area contributed by atoms with Crippen molar-refractivity contribution in [2.24, 2.45) is 4.99 Å². The van der Waals surface area contributed by atoms with Crippen molar-refractivity contribution in [2.75, 3.05) is 52.2 Å². The zero-order valence-corrected chi connectivity index (χ0v) is 16.8. The zero-order chi connectivity index (χ0) is 18.4. The van der Waals surface area contributed by atoms with E-state index in [-0.39, 0.29) is 0 Å². The SMILES string of the molecule is CN=C(NCc1ccccc1CN(C)C)N1CCN(c2cccs2)CC1. The predicted octanol–water partition coefficient (Wildman–Crippen LogP) is 2.71. The fraction of sp³-hybridized carbons (Fsp3) is 0.450. The normalized spacial score (nSPS) is 15.6. The van der Waals surface area contributed by atoms with E-state index in [1.165, 1.54) is 16.1 Å². The molecule has 0 bridgehead atoms. The first-order valence-corrected chi connectivity index (χ1v) is 10.0. The van der Waals surface area contributed by atoms with Crippen molar-refractivity contribution in [2.45, 2.75) is 13.1 Å². The minimum Gasteiger partial charge on any atom is -0.360 e. The summed E-state index contributed by atoms with van der Waals surface area (Å²) in [5, 5.41) is 7.07. The molecule has 2 aromatic rings. The Morgan fingerprint density at radius 2 is 1.81 bits per heavy atom.